The third-order valence-electron chi connectivity index (χ3n) is 1.90. The molecule has 76 valence electrons. The van der Waals surface area contributed by atoms with E-state index in [1.807, 2.05) is 0 Å². The van der Waals surface area contributed by atoms with Gasteiger partial charge in [0.1, 0.15) is 6.10 Å². The summed E-state index contributed by atoms with van der Waals surface area (Å²) in [6, 6.07) is 0. The maximum absolute atomic E-state index is 11.4. The minimum atomic E-state index is -0.291. The SMILES string of the molecule is C[C@H](CN)OC(=O)N1CCOCC1. The molecule has 1 amide bonds. The fourth-order valence-electron chi connectivity index (χ4n) is 1.04. The van der Waals surface area contributed by atoms with Gasteiger partial charge in [-0.25, -0.2) is 4.79 Å². The highest BCUT2D eigenvalue weighted by Gasteiger charge is 2.19. The van der Waals surface area contributed by atoms with Crippen LogP contribution in [-0.4, -0.2) is 49.9 Å². The van der Waals surface area contributed by atoms with Crippen LogP contribution in [0.5, 0.6) is 0 Å². The quantitative estimate of drug-likeness (QED) is 0.652. The standard InChI is InChI=1S/C8H16N2O3/c1-7(6-9)13-8(11)10-2-4-12-5-3-10/h7H,2-6,9H2,1H3/t7-/m1/s1. The monoisotopic (exact) mass is 188 g/mol. The van der Waals surface area contributed by atoms with Gasteiger partial charge in [0.2, 0.25) is 0 Å². The molecular weight excluding hydrogens is 172 g/mol. The van der Waals surface area contributed by atoms with Crippen LogP contribution in [0.3, 0.4) is 0 Å². The van der Waals surface area contributed by atoms with Crippen molar-refractivity contribution in [2.45, 2.75) is 13.0 Å². The largest absolute Gasteiger partial charge is 0.445 e. The minimum Gasteiger partial charge on any atom is -0.445 e. The third kappa shape index (κ3) is 3.20. The third-order valence-corrected chi connectivity index (χ3v) is 1.90. The van der Waals surface area contributed by atoms with Crippen molar-refractivity contribution in [3.05, 3.63) is 0 Å². The number of ether oxygens (including phenoxy) is 2. The molecule has 5 heteroatoms. The summed E-state index contributed by atoms with van der Waals surface area (Å²) >= 11 is 0. The molecule has 0 saturated carbocycles. The predicted molar refractivity (Wildman–Crippen MR) is 47.4 cm³/mol. The molecular formula is C8H16N2O3. The van der Waals surface area contributed by atoms with E-state index in [2.05, 4.69) is 0 Å². The smallest absolute Gasteiger partial charge is 0.410 e. The second kappa shape index (κ2) is 5.04. The van der Waals surface area contributed by atoms with E-state index >= 15 is 0 Å². The zero-order valence-corrected chi connectivity index (χ0v) is 7.86. The number of morpholine rings is 1. The van der Waals surface area contributed by atoms with Gasteiger partial charge in [-0.2, -0.15) is 0 Å². The number of carbonyl (C=O) groups is 1. The van der Waals surface area contributed by atoms with Crippen molar-refractivity contribution >= 4 is 6.09 Å². The van der Waals surface area contributed by atoms with Crippen molar-refractivity contribution in [3.8, 4) is 0 Å². The fourth-order valence-corrected chi connectivity index (χ4v) is 1.04. The molecule has 1 heterocycles. The molecule has 1 aliphatic heterocycles. The van der Waals surface area contributed by atoms with Gasteiger partial charge in [0.25, 0.3) is 0 Å². The summed E-state index contributed by atoms with van der Waals surface area (Å²) in [4.78, 5) is 13.0. The number of hydrogen-bond donors (Lipinski definition) is 1. The van der Waals surface area contributed by atoms with Crippen LogP contribution in [0.25, 0.3) is 0 Å². The number of carbonyl (C=O) groups excluding carboxylic acids is 1. The first-order valence-corrected chi connectivity index (χ1v) is 4.47. The Hall–Kier alpha value is -0.810. The van der Waals surface area contributed by atoms with E-state index in [4.69, 9.17) is 15.2 Å². The molecule has 0 bridgehead atoms. The van der Waals surface area contributed by atoms with Crippen molar-refractivity contribution in [3.63, 3.8) is 0 Å². The van der Waals surface area contributed by atoms with Gasteiger partial charge in [-0.3, -0.25) is 0 Å². The minimum absolute atomic E-state index is 0.213. The molecule has 2 N–H and O–H groups in total. The predicted octanol–water partition coefficient (Wildman–Crippen LogP) is -0.198. The van der Waals surface area contributed by atoms with Crippen molar-refractivity contribution < 1.29 is 14.3 Å². The van der Waals surface area contributed by atoms with E-state index in [0.717, 1.165) is 0 Å². The van der Waals surface area contributed by atoms with Crippen LogP contribution < -0.4 is 5.73 Å². The highest BCUT2D eigenvalue weighted by atomic mass is 16.6. The Labute approximate surface area is 77.8 Å². The van der Waals surface area contributed by atoms with E-state index in [9.17, 15) is 4.79 Å². The van der Waals surface area contributed by atoms with Crippen molar-refractivity contribution in [2.24, 2.45) is 5.73 Å². The molecule has 1 rings (SSSR count). The van der Waals surface area contributed by atoms with E-state index in [-0.39, 0.29) is 12.2 Å². The fraction of sp³-hybridized carbons (Fsp3) is 0.875. The van der Waals surface area contributed by atoms with Gasteiger partial charge >= 0.3 is 6.09 Å². The molecule has 0 aromatic heterocycles. The average molecular weight is 188 g/mol. The Kier molecular flexibility index (Phi) is 3.98. The molecule has 1 saturated heterocycles. The molecule has 0 spiro atoms. The molecule has 5 nitrogen and oxygen atoms in total. The average Bonchev–Trinajstić information content (AvgIpc) is 2.19. The van der Waals surface area contributed by atoms with Gasteiger partial charge in [0.15, 0.2) is 0 Å². The van der Waals surface area contributed by atoms with E-state index in [0.29, 0.717) is 32.8 Å². The van der Waals surface area contributed by atoms with Crippen molar-refractivity contribution in [2.75, 3.05) is 32.8 Å². The van der Waals surface area contributed by atoms with Gasteiger partial charge < -0.3 is 20.1 Å². The Morgan fingerprint density at radius 2 is 2.23 bits per heavy atom. The Morgan fingerprint density at radius 3 is 2.77 bits per heavy atom. The summed E-state index contributed by atoms with van der Waals surface area (Å²) in [6.07, 6.45) is -0.503. The summed E-state index contributed by atoms with van der Waals surface area (Å²) in [7, 11) is 0. The van der Waals surface area contributed by atoms with Crippen LogP contribution in [0, 0.1) is 0 Å². The summed E-state index contributed by atoms with van der Waals surface area (Å²) in [5.41, 5.74) is 5.33. The summed E-state index contributed by atoms with van der Waals surface area (Å²) in [5.74, 6) is 0. The lowest BCUT2D eigenvalue weighted by molar-refractivity contribution is 0.0168. The van der Waals surface area contributed by atoms with Gasteiger partial charge in [0, 0.05) is 19.6 Å². The first-order valence-electron chi connectivity index (χ1n) is 4.47. The summed E-state index contributed by atoms with van der Waals surface area (Å²) in [5, 5.41) is 0. The van der Waals surface area contributed by atoms with E-state index < -0.39 is 0 Å². The second-order valence-corrected chi connectivity index (χ2v) is 3.03. The van der Waals surface area contributed by atoms with Crippen LogP contribution >= 0.6 is 0 Å². The van der Waals surface area contributed by atoms with Crippen LogP contribution in [-0.2, 0) is 9.47 Å². The maximum atomic E-state index is 11.4. The van der Waals surface area contributed by atoms with Gasteiger partial charge in [-0.05, 0) is 6.92 Å². The van der Waals surface area contributed by atoms with Crippen molar-refractivity contribution in [1.29, 1.82) is 0 Å². The lowest BCUT2D eigenvalue weighted by atomic mass is 10.4. The van der Waals surface area contributed by atoms with Crippen molar-refractivity contribution in [1.82, 2.24) is 4.90 Å². The van der Waals surface area contributed by atoms with Gasteiger partial charge in [-0.15, -0.1) is 0 Å². The topological polar surface area (TPSA) is 64.8 Å². The second-order valence-electron chi connectivity index (χ2n) is 3.03. The van der Waals surface area contributed by atoms with Gasteiger partial charge in [-0.1, -0.05) is 0 Å². The van der Waals surface area contributed by atoms with Crippen LogP contribution in [0.1, 0.15) is 6.92 Å². The molecule has 0 aromatic rings. The molecule has 0 aliphatic carbocycles. The number of rotatable bonds is 2. The number of amides is 1. The number of nitrogens with two attached hydrogens (primary N) is 1. The molecule has 1 aliphatic rings. The molecule has 1 fully saturated rings. The normalized spacial score (nSPS) is 19.7. The Morgan fingerprint density at radius 1 is 1.62 bits per heavy atom. The first kappa shape index (κ1) is 10.3. The summed E-state index contributed by atoms with van der Waals surface area (Å²) < 4.78 is 10.2. The van der Waals surface area contributed by atoms with E-state index in [1.165, 1.54) is 0 Å². The maximum Gasteiger partial charge on any atom is 0.410 e. The summed E-state index contributed by atoms with van der Waals surface area (Å²) in [6.45, 7) is 4.53. The van der Waals surface area contributed by atoms with Crippen LogP contribution in [0.15, 0.2) is 0 Å². The number of hydrogen-bond acceptors (Lipinski definition) is 4. The van der Waals surface area contributed by atoms with Crippen LogP contribution in [0.4, 0.5) is 4.79 Å². The lowest BCUT2D eigenvalue weighted by Gasteiger charge is -2.27. The highest BCUT2D eigenvalue weighted by molar-refractivity contribution is 5.67. The lowest BCUT2D eigenvalue weighted by Crippen LogP contribution is -2.42. The molecule has 0 unspecified atom stereocenters. The molecule has 0 aromatic carbocycles. The van der Waals surface area contributed by atoms with Gasteiger partial charge in [0.05, 0.1) is 13.2 Å². The van der Waals surface area contributed by atoms with E-state index in [1.54, 1.807) is 11.8 Å². The molecule has 1 atom stereocenters. The highest BCUT2D eigenvalue weighted by Crippen LogP contribution is 2.01. The molecule has 0 radical (unpaired) electrons. The Balaban J connectivity index is 2.29. The Bertz CT molecular complexity index is 169. The zero-order valence-electron chi connectivity index (χ0n) is 7.86. The number of nitrogens with zero attached hydrogens (tertiary/aromatic N) is 1. The zero-order chi connectivity index (χ0) is 9.68. The van der Waals surface area contributed by atoms with Crippen LogP contribution in [0.2, 0.25) is 0 Å². The first-order chi connectivity index (χ1) is 6.24. The molecule has 13 heavy (non-hydrogen) atoms.